The third-order valence-electron chi connectivity index (χ3n) is 4.88. The number of hydrogen-bond donors (Lipinski definition) is 0. The molecule has 1 unspecified atom stereocenters. The van der Waals surface area contributed by atoms with Crippen LogP contribution in [-0.2, 0) is 4.79 Å². The maximum Gasteiger partial charge on any atom is 0.223 e. The molecule has 0 fully saturated rings. The average molecular weight is 386 g/mol. The van der Waals surface area contributed by atoms with Gasteiger partial charge in [-0.1, -0.05) is 23.7 Å². The fraction of sp³-hybridized carbons (Fsp3) is 0.318. The zero-order valence-electron chi connectivity index (χ0n) is 16.1. The molecule has 1 amide bonds. The molecule has 0 aromatic heterocycles. The first-order valence-electron chi connectivity index (χ1n) is 8.86. The Morgan fingerprint density at radius 1 is 0.926 bits per heavy atom. The van der Waals surface area contributed by atoms with Gasteiger partial charge in [-0.3, -0.25) is 14.4 Å². The van der Waals surface area contributed by atoms with E-state index in [0.717, 1.165) is 11.1 Å². The minimum atomic E-state index is -0.592. The van der Waals surface area contributed by atoms with Crippen molar-refractivity contribution in [2.75, 3.05) is 7.05 Å². The Balaban J connectivity index is 1.96. The minimum Gasteiger partial charge on any atom is -0.336 e. The highest BCUT2D eigenvalue weighted by Gasteiger charge is 2.24. The van der Waals surface area contributed by atoms with Crippen LogP contribution in [0.25, 0.3) is 0 Å². The monoisotopic (exact) mass is 385 g/mol. The van der Waals surface area contributed by atoms with E-state index in [1.807, 2.05) is 26.0 Å². The molecule has 142 valence electrons. The number of rotatable bonds is 7. The van der Waals surface area contributed by atoms with E-state index in [2.05, 4.69) is 0 Å². The molecule has 0 N–H and O–H groups in total. The van der Waals surface area contributed by atoms with Crippen LogP contribution < -0.4 is 0 Å². The van der Waals surface area contributed by atoms with Crippen LogP contribution in [-0.4, -0.2) is 35.5 Å². The van der Waals surface area contributed by atoms with Crippen LogP contribution in [0.2, 0.25) is 5.02 Å². The molecule has 5 heteroatoms. The van der Waals surface area contributed by atoms with E-state index in [9.17, 15) is 14.4 Å². The van der Waals surface area contributed by atoms with Gasteiger partial charge in [-0.25, -0.2) is 0 Å². The third-order valence-corrected chi connectivity index (χ3v) is 5.13. The molecule has 0 saturated carbocycles. The minimum absolute atomic E-state index is 0.0580. The van der Waals surface area contributed by atoms with Crippen molar-refractivity contribution in [2.45, 2.75) is 39.7 Å². The lowest BCUT2D eigenvalue weighted by molar-refractivity contribution is -0.130. The number of aryl methyl sites for hydroxylation is 2. The molecule has 1 atom stereocenters. The molecule has 0 saturated heterocycles. The number of nitrogens with zero attached hydrogens (tertiary/aromatic N) is 1. The molecule has 0 aliphatic carbocycles. The summed E-state index contributed by atoms with van der Waals surface area (Å²) in [5, 5.41) is 0.557. The van der Waals surface area contributed by atoms with Gasteiger partial charge in [0, 0.05) is 36.0 Å². The molecular formula is C22H24ClNO3. The van der Waals surface area contributed by atoms with Crippen LogP contribution in [0.4, 0.5) is 0 Å². The van der Waals surface area contributed by atoms with Gasteiger partial charge in [0.1, 0.15) is 0 Å². The Kier molecular flexibility index (Phi) is 6.92. The molecule has 27 heavy (non-hydrogen) atoms. The van der Waals surface area contributed by atoms with Crippen molar-refractivity contribution in [1.82, 2.24) is 4.90 Å². The number of ketones is 2. The third kappa shape index (κ3) is 5.27. The summed E-state index contributed by atoms with van der Waals surface area (Å²) in [5.41, 5.74) is 3.26. The van der Waals surface area contributed by atoms with Gasteiger partial charge >= 0.3 is 0 Å². The zero-order chi connectivity index (χ0) is 20.1. The summed E-state index contributed by atoms with van der Waals surface area (Å²) in [6, 6.07) is 11.5. The van der Waals surface area contributed by atoms with Gasteiger partial charge in [0.05, 0.1) is 6.04 Å². The first kappa shape index (κ1) is 20.8. The highest BCUT2D eigenvalue weighted by Crippen LogP contribution is 2.15. The second-order valence-corrected chi connectivity index (χ2v) is 7.21. The Morgan fingerprint density at radius 3 is 2.11 bits per heavy atom. The molecule has 2 aromatic carbocycles. The van der Waals surface area contributed by atoms with E-state index < -0.39 is 6.04 Å². The first-order valence-corrected chi connectivity index (χ1v) is 9.24. The van der Waals surface area contributed by atoms with Gasteiger partial charge in [0.2, 0.25) is 5.91 Å². The molecule has 0 radical (unpaired) electrons. The summed E-state index contributed by atoms with van der Waals surface area (Å²) in [6.45, 7) is 5.64. The van der Waals surface area contributed by atoms with Crippen LogP contribution in [0.1, 0.15) is 51.6 Å². The molecule has 0 spiro atoms. The number of amides is 1. The topological polar surface area (TPSA) is 54.5 Å². The molecule has 2 rings (SSSR count). The SMILES string of the molecule is Cc1ccc(C(=O)C(C)N(C)C(=O)CCC(=O)c2ccc(Cl)cc2)cc1C. The Morgan fingerprint density at radius 2 is 1.52 bits per heavy atom. The van der Waals surface area contributed by atoms with Gasteiger partial charge < -0.3 is 4.90 Å². The fourth-order valence-electron chi connectivity index (χ4n) is 2.70. The van der Waals surface area contributed by atoms with Crippen LogP contribution in [0.15, 0.2) is 42.5 Å². The van der Waals surface area contributed by atoms with E-state index in [1.165, 1.54) is 4.90 Å². The Labute approximate surface area is 165 Å². The van der Waals surface area contributed by atoms with Gasteiger partial charge in [0.15, 0.2) is 11.6 Å². The summed E-state index contributed by atoms with van der Waals surface area (Å²) in [5.74, 6) is -0.471. The van der Waals surface area contributed by atoms with E-state index >= 15 is 0 Å². The smallest absolute Gasteiger partial charge is 0.223 e. The maximum absolute atomic E-state index is 12.7. The summed E-state index contributed by atoms with van der Waals surface area (Å²) in [7, 11) is 1.60. The van der Waals surface area contributed by atoms with Gasteiger partial charge in [-0.2, -0.15) is 0 Å². The van der Waals surface area contributed by atoms with Crippen LogP contribution >= 0.6 is 11.6 Å². The highest BCUT2D eigenvalue weighted by atomic mass is 35.5. The van der Waals surface area contributed by atoms with Crippen LogP contribution in [0.3, 0.4) is 0 Å². The normalized spacial score (nSPS) is 11.7. The molecule has 4 nitrogen and oxygen atoms in total. The van der Waals surface area contributed by atoms with Crippen molar-refractivity contribution >= 4 is 29.1 Å². The summed E-state index contributed by atoms with van der Waals surface area (Å²) in [6.07, 6.45) is 0.151. The maximum atomic E-state index is 12.7. The van der Waals surface area contributed by atoms with Crippen molar-refractivity contribution in [2.24, 2.45) is 0 Å². The van der Waals surface area contributed by atoms with E-state index in [0.29, 0.717) is 16.1 Å². The quantitative estimate of drug-likeness (QED) is 0.652. The van der Waals surface area contributed by atoms with Crippen molar-refractivity contribution < 1.29 is 14.4 Å². The molecule has 2 aromatic rings. The number of halogens is 1. The number of likely N-dealkylation sites (N-methyl/N-ethyl adjacent to an activating group) is 1. The van der Waals surface area contributed by atoms with Crippen molar-refractivity contribution in [3.05, 3.63) is 69.7 Å². The van der Waals surface area contributed by atoms with Gasteiger partial charge in [0.25, 0.3) is 0 Å². The lowest BCUT2D eigenvalue weighted by Crippen LogP contribution is -2.40. The number of carbonyl (C=O) groups is 3. The highest BCUT2D eigenvalue weighted by molar-refractivity contribution is 6.30. The molecule has 0 aliphatic heterocycles. The lowest BCUT2D eigenvalue weighted by Gasteiger charge is -2.24. The number of hydrogen-bond acceptors (Lipinski definition) is 3. The first-order chi connectivity index (χ1) is 12.7. The number of carbonyl (C=O) groups excluding carboxylic acids is 3. The summed E-state index contributed by atoms with van der Waals surface area (Å²) >= 11 is 5.81. The molecule has 0 aliphatic rings. The summed E-state index contributed by atoms with van der Waals surface area (Å²) in [4.78, 5) is 38.7. The second-order valence-electron chi connectivity index (χ2n) is 6.77. The number of Topliss-reactive ketones (excluding diaryl/α,β-unsaturated/α-hetero) is 2. The predicted octanol–water partition coefficient (Wildman–Crippen LogP) is 4.65. The fourth-order valence-corrected chi connectivity index (χ4v) is 2.83. The summed E-state index contributed by atoms with van der Waals surface area (Å²) < 4.78 is 0. The largest absolute Gasteiger partial charge is 0.336 e. The predicted molar refractivity (Wildman–Crippen MR) is 107 cm³/mol. The number of benzene rings is 2. The van der Waals surface area contributed by atoms with Crippen molar-refractivity contribution in [3.63, 3.8) is 0 Å². The second kappa shape index (κ2) is 8.96. The molecular weight excluding hydrogens is 362 g/mol. The Bertz CT molecular complexity index is 858. The van der Waals surface area contributed by atoms with Crippen LogP contribution in [0.5, 0.6) is 0 Å². The van der Waals surface area contributed by atoms with Crippen LogP contribution in [0, 0.1) is 13.8 Å². The Hall–Kier alpha value is -2.46. The standard InChI is InChI=1S/C22H24ClNO3/c1-14-5-6-18(13-15(14)2)22(27)16(3)24(4)21(26)12-11-20(25)17-7-9-19(23)10-8-17/h5-10,13,16H,11-12H2,1-4H3. The van der Waals surface area contributed by atoms with Crippen molar-refractivity contribution in [1.29, 1.82) is 0 Å². The zero-order valence-corrected chi connectivity index (χ0v) is 16.8. The van der Waals surface area contributed by atoms with Gasteiger partial charge in [-0.05, 0) is 62.2 Å². The molecule has 0 bridgehead atoms. The van der Waals surface area contributed by atoms with E-state index in [-0.39, 0.29) is 30.3 Å². The molecule has 0 heterocycles. The van der Waals surface area contributed by atoms with Crippen molar-refractivity contribution in [3.8, 4) is 0 Å². The van der Waals surface area contributed by atoms with E-state index in [4.69, 9.17) is 11.6 Å². The average Bonchev–Trinajstić information content (AvgIpc) is 2.66. The van der Waals surface area contributed by atoms with Gasteiger partial charge in [-0.15, -0.1) is 0 Å². The van der Waals surface area contributed by atoms with E-state index in [1.54, 1.807) is 44.3 Å². The lowest BCUT2D eigenvalue weighted by atomic mass is 9.99.